The lowest BCUT2D eigenvalue weighted by Gasteiger charge is -1.98. The van der Waals surface area contributed by atoms with Gasteiger partial charge in [-0.1, -0.05) is 6.07 Å². The van der Waals surface area contributed by atoms with Crippen LogP contribution in [0.5, 0.6) is 5.75 Å². The largest absolute Gasteiger partial charge is 0.508 e. The van der Waals surface area contributed by atoms with E-state index in [1.807, 2.05) is 0 Å². The fraction of sp³-hybridized carbons (Fsp3) is 0.111. The third-order valence-electron chi connectivity index (χ3n) is 1.98. The van der Waals surface area contributed by atoms with Crippen molar-refractivity contribution in [1.29, 1.82) is 0 Å². The van der Waals surface area contributed by atoms with Crippen LogP contribution < -0.4 is 0 Å². The molecule has 0 bridgehead atoms. The molecule has 1 aliphatic carbocycles. The van der Waals surface area contributed by atoms with E-state index in [0.717, 1.165) is 5.56 Å². The van der Waals surface area contributed by atoms with E-state index in [4.69, 9.17) is 10.2 Å². The Bertz CT molecular complexity index is 366. The first-order valence-electron chi connectivity index (χ1n) is 3.62. The molecule has 0 atom stereocenters. The Balaban J connectivity index is 2.60. The molecule has 0 amide bonds. The summed E-state index contributed by atoms with van der Waals surface area (Å²) in [6.07, 6.45) is 0.349. The molecule has 0 fully saturated rings. The third kappa shape index (κ3) is 0.830. The maximum absolute atomic E-state index is 9.29. The van der Waals surface area contributed by atoms with E-state index in [0.29, 0.717) is 12.0 Å². The van der Waals surface area contributed by atoms with Crippen molar-refractivity contribution in [2.24, 2.45) is 0 Å². The first-order chi connectivity index (χ1) is 5.68. The van der Waals surface area contributed by atoms with E-state index in [9.17, 15) is 5.11 Å². The van der Waals surface area contributed by atoms with E-state index in [1.54, 1.807) is 6.07 Å². The van der Waals surface area contributed by atoms with E-state index in [2.05, 4.69) is 0 Å². The summed E-state index contributed by atoms with van der Waals surface area (Å²) in [6, 6.07) is 4.66. The fourth-order valence-electron chi connectivity index (χ4n) is 1.36. The molecule has 2 rings (SSSR count). The Kier molecular flexibility index (Phi) is 1.27. The molecule has 0 radical (unpaired) electrons. The van der Waals surface area contributed by atoms with Crippen molar-refractivity contribution in [3.63, 3.8) is 0 Å². The molecule has 0 saturated heterocycles. The van der Waals surface area contributed by atoms with Gasteiger partial charge < -0.3 is 15.3 Å². The Morgan fingerprint density at radius 2 is 1.83 bits per heavy atom. The van der Waals surface area contributed by atoms with Gasteiger partial charge in [0.1, 0.15) is 11.5 Å². The zero-order chi connectivity index (χ0) is 8.72. The maximum Gasteiger partial charge on any atom is 0.161 e. The van der Waals surface area contributed by atoms with Crippen molar-refractivity contribution in [2.45, 2.75) is 6.42 Å². The predicted octanol–water partition coefficient (Wildman–Crippen LogP) is 1.73. The van der Waals surface area contributed by atoms with Crippen LogP contribution in [0.25, 0.3) is 5.76 Å². The summed E-state index contributed by atoms with van der Waals surface area (Å²) >= 11 is 0. The highest BCUT2D eigenvalue weighted by Crippen LogP contribution is 2.31. The van der Waals surface area contributed by atoms with Crippen LogP contribution in [0.2, 0.25) is 0 Å². The molecule has 0 aromatic heterocycles. The van der Waals surface area contributed by atoms with Crippen molar-refractivity contribution in [3.8, 4) is 5.75 Å². The lowest BCUT2D eigenvalue weighted by molar-refractivity contribution is 0.377. The summed E-state index contributed by atoms with van der Waals surface area (Å²) < 4.78 is 0. The molecule has 1 aromatic rings. The highest BCUT2D eigenvalue weighted by molar-refractivity contribution is 5.70. The van der Waals surface area contributed by atoms with Crippen LogP contribution >= 0.6 is 0 Å². The smallest absolute Gasteiger partial charge is 0.161 e. The topological polar surface area (TPSA) is 60.7 Å². The fourth-order valence-corrected chi connectivity index (χ4v) is 1.36. The number of phenolic OH excluding ortho intramolecular Hbond substituents is 1. The van der Waals surface area contributed by atoms with Crippen molar-refractivity contribution >= 4 is 5.76 Å². The van der Waals surface area contributed by atoms with Crippen molar-refractivity contribution in [3.05, 3.63) is 35.1 Å². The van der Waals surface area contributed by atoms with Gasteiger partial charge in [0.15, 0.2) is 5.76 Å². The molecule has 3 N–H and O–H groups in total. The molecule has 3 heteroatoms. The molecule has 1 aliphatic rings. The van der Waals surface area contributed by atoms with Gasteiger partial charge in [0.25, 0.3) is 0 Å². The van der Waals surface area contributed by atoms with Crippen molar-refractivity contribution in [1.82, 2.24) is 0 Å². The number of aromatic hydroxyl groups is 1. The van der Waals surface area contributed by atoms with Gasteiger partial charge in [0, 0.05) is 12.0 Å². The lowest BCUT2D eigenvalue weighted by atomic mass is 10.1. The molecular weight excluding hydrogens is 156 g/mol. The van der Waals surface area contributed by atoms with Crippen molar-refractivity contribution in [2.75, 3.05) is 0 Å². The van der Waals surface area contributed by atoms with E-state index >= 15 is 0 Å². The summed E-state index contributed by atoms with van der Waals surface area (Å²) in [6.45, 7) is 0. The molecule has 12 heavy (non-hydrogen) atoms. The first-order valence-corrected chi connectivity index (χ1v) is 3.62. The second kappa shape index (κ2) is 2.17. The molecule has 0 spiro atoms. The van der Waals surface area contributed by atoms with Crippen molar-refractivity contribution < 1.29 is 15.3 Å². The quantitative estimate of drug-likeness (QED) is 0.547. The molecule has 0 saturated carbocycles. The number of rotatable bonds is 0. The normalized spacial score (nSPS) is 15.0. The Labute approximate surface area is 69.2 Å². The monoisotopic (exact) mass is 164 g/mol. The highest BCUT2D eigenvalue weighted by atomic mass is 16.3. The highest BCUT2D eigenvalue weighted by Gasteiger charge is 2.20. The van der Waals surface area contributed by atoms with Gasteiger partial charge in [-0.05, 0) is 17.7 Å². The zero-order valence-electron chi connectivity index (χ0n) is 6.28. The number of phenols is 1. The Morgan fingerprint density at radius 3 is 2.58 bits per heavy atom. The number of allylic oxidation sites excluding steroid dienone is 1. The standard InChI is InChI=1S/C9H8O3/c10-6-2-1-5-3-8(11)9(12)7(5)4-6/h1-2,4,10-12H,3H2. The zero-order valence-corrected chi connectivity index (χ0v) is 6.28. The van der Waals surface area contributed by atoms with E-state index < -0.39 is 0 Å². The third-order valence-corrected chi connectivity index (χ3v) is 1.98. The molecule has 0 aliphatic heterocycles. The minimum absolute atomic E-state index is 0.0319. The van der Waals surface area contributed by atoms with Gasteiger partial charge in [-0.25, -0.2) is 0 Å². The minimum Gasteiger partial charge on any atom is -0.508 e. The number of benzene rings is 1. The van der Waals surface area contributed by atoms with Gasteiger partial charge in [-0.3, -0.25) is 0 Å². The van der Waals surface area contributed by atoms with Gasteiger partial charge in [-0.15, -0.1) is 0 Å². The number of aliphatic hydroxyl groups is 2. The van der Waals surface area contributed by atoms with Gasteiger partial charge >= 0.3 is 0 Å². The van der Waals surface area contributed by atoms with Gasteiger partial charge in [-0.2, -0.15) is 0 Å². The molecule has 0 heterocycles. The summed E-state index contributed by atoms with van der Waals surface area (Å²) in [5, 5.41) is 27.5. The van der Waals surface area contributed by atoms with E-state index in [-0.39, 0.29) is 17.3 Å². The van der Waals surface area contributed by atoms with Crippen LogP contribution in [0.3, 0.4) is 0 Å². The average molecular weight is 164 g/mol. The van der Waals surface area contributed by atoms with Crippen LogP contribution in [0, 0.1) is 0 Å². The first kappa shape index (κ1) is 7.03. The lowest BCUT2D eigenvalue weighted by Crippen LogP contribution is -1.82. The predicted molar refractivity (Wildman–Crippen MR) is 44.0 cm³/mol. The SMILES string of the molecule is OC1=C(O)c2cc(O)ccc2C1. The average Bonchev–Trinajstić information content (AvgIpc) is 2.31. The van der Waals surface area contributed by atoms with Crippen LogP contribution in [0.15, 0.2) is 24.0 Å². The number of hydrogen-bond donors (Lipinski definition) is 3. The van der Waals surface area contributed by atoms with Crippen LogP contribution in [0.4, 0.5) is 0 Å². The second-order valence-corrected chi connectivity index (χ2v) is 2.81. The van der Waals surface area contributed by atoms with Crippen LogP contribution in [-0.4, -0.2) is 15.3 Å². The number of hydrogen-bond acceptors (Lipinski definition) is 3. The Hall–Kier alpha value is -1.64. The molecule has 3 nitrogen and oxygen atoms in total. The van der Waals surface area contributed by atoms with E-state index in [1.165, 1.54) is 12.1 Å². The summed E-state index contributed by atoms with van der Waals surface area (Å²) in [5.74, 6) is -0.0634. The molecule has 0 unspecified atom stereocenters. The Morgan fingerprint density at radius 1 is 1.08 bits per heavy atom. The molecular formula is C9H8O3. The maximum atomic E-state index is 9.29. The van der Waals surface area contributed by atoms with Gasteiger partial charge in [0.2, 0.25) is 0 Å². The summed E-state index contributed by atoms with van der Waals surface area (Å²) in [4.78, 5) is 0. The summed E-state index contributed by atoms with van der Waals surface area (Å²) in [5.41, 5.74) is 1.36. The molecule has 1 aromatic carbocycles. The summed E-state index contributed by atoms with van der Waals surface area (Å²) in [7, 11) is 0. The second-order valence-electron chi connectivity index (χ2n) is 2.81. The number of fused-ring (bicyclic) bond motifs is 1. The van der Waals surface area contributed by atoms with Gasteiger partial charge in [0.05, 0.1) is 0 Å². The van der Waals surface area contributed by atoms with Crippen LogP contribution in [-0.2, 0) is 6.42 Å². The molecule has 62 valence electrons. The minimum atomic E-state index is -0.124. The number of aliphatic hydroxyl groups excluding tert-OH is 2. The van der Waals surface area contributed by atoms with Crippen LogP contribution in [0.1, 0.15) is 11.1 Å².